The van der Waals surface area contributed by atoms with Crippen LogP contribution in [0.1, 0.15) is 50.1 Å². The van der Waals surface area contributed by atoms with Crippen molar-refractivity contribution in [3.05, 3.63) is 39.6 Å². The Morgan fingerprint density at radius 3 is 2.67 bits per heavy atom. The zero-order chi connectivity index (χ0) is 19.0. The summed E-state index contributed by atoms with van der Waals surface area (Å²) in [5.74, 6) is -0.427. The lowest BCUT2D eigenvalue weighted by Gasteiger charge is -2.30. The second-order valence-electron chi connectivity index (χ2n) is 7.37. The van der Waals surface area contributed by atoms with Crippen molar-refractivity contribution in [1.82, 2.24) is 10.3 Å². The van der Waals surface area contributed by atoms with Crippen molar-refractivity contribution in [3.8, 4) is 16.6 Å². The van der Waals surface area contributed by atoms with Crippen LogP contribution in [0.2, 0.25) is 0 Å². The predicted molar refractivity (Wildman–Crippen MR) is 106 cm³/mol. The van der Waals surface area contributed by atoms with Crippen molar-refractivity contribution >= 4 is 33.2 Å². The van der Waals surface area contributed by atoms with E-state index < -0.39 is 5.54 Å². The molecule has 2 atom stereocenters. The standard InChI is InChI=1S/C20H19BrFN3OS/c21-17-16(24-19(27-17)12-5-7-13(22)8-6-12)14-3-1-2-4-15(14)18(26)25-20(11-23)9-10-20/h5-8,14-15H,1-4,9-10H2,(H,25,26)/t14-,15-/m1/s1. The summed E-state index contributed by atoms with van der Waals surface area (Å²) in [6, 6.07) is 8.53. The van der Waals surface area contributed by atoms with Crippen LogP contribution in [0.3, 0.4) is 0 Å². The monoisotopic (exact) mass is 447 g/mol. The first-order valence-electron chi connectivity index (χ1n) is 9.17. The molecule has 1 aromatic carbocycles. The van der Waals surface area contributed by atoms with Gasteiger partial charge in [-0.05, 0) is 65.9 Å². The lowest BCUT2D eigenvalue weighted by molar-refractivity contribution is -0.127. The van der Waals surface area contributed by atoms with Crippen LogP contribution < -0.4 is 5.32 Å². The summed E-state index contributed by atoms with van der Waals surface area (Å²) in [6.45, 7) is 0. The number of carbonyl (C=O) groups is 1. The fourth-order valence-electron chi connectivity index (χ4n) is 3.75. The average molecular weight is 448 g/mol. The van der Waals surface area contributed by atoms with Crippen LogP contribution in [0.4, 0.5) is 4.39 Å². The first kappa shape index (κ1) is 18.6. The molecule has 0 spiro atoms. The minimum atomic E-state index is -0.641. The first-order chi connectivity index (χ1) is 13.0. The number of benzene rings is 1. The normalized spacial score (nSPS) is 23.4. The van der Waals surface area contributed by atoms with Crippen LogP contribution in [0.15, 0.2) is 28.1 Å². The number of nitrogens with zero attached hydrogens (tertiary/aromatic N) is 2. The lowest BCUT2D eigenvalue weighted by Crippen LogP contribution is -2.42. The molecular weight excluding hydrogens is 429 g/mol. The number of carbonyl (C=O) groups excluding carboxylic acids is 1. The van der Waals surface area contributed by atoms with E-state index in [4.69, 9.17) is 4.98 Å². The van der Waals surface area contributed by atoms with Crippen LogP contribution in [0, 0.1) is 23.1 Å². The van der Waals surface area contributed by atoms with Gasteiger partial charge < -0.3 is 5.32 Å². The topological polar surface area (TPSA) is 65.8 Å². The van der Waals surface area contributed by atoms with E-state index in [0.29, 0.717) is 0 Å². The van der Waals surface area contributed by atoms with Crippen molar-refractivity contribution in [1.29, 1.82) is 5.26 Å². The van der Waals surface area contributed by atoms with E-state index in [-0.39, 0.29) is 23.6 Å². The summed E-state index contributed by atoms with van der Waals surface area (Å²) >= 11 is 5.14. The number of halogens is 2. The first-order valence-corrected chi connectivity index (χ1v) is 10.8. The van der Waals surface area contributed by atoms with E-state index in [1.54, 1.807) is 12.1 Å². The summed E-state index contributed by atoms with van der Waals surface area (Å²) in [7, 11) is 0. The molecule has 2 aliphatic carbocycles. The number of nitrogens with one attached hydrogen (secondary N) is 1. The third kappa shape index (κ3) is 3.78. The molecule has 1 heterocycles. The van der Waals surface area contributed by atoms with Crippen molar-refractivity contribution in [2.75, 3.05) is 0 Å². The molecule has 140 valence electrons. The maximum Gasteiger partial charge on any atom is 0.225 e. The van der Waals surface area contributed by atoms with E-state index in [1.165, 1.54) is 23.5 Å². The second-order valence-corrected chi connectivity index (χ2v) is 9.68. The summed E-state index contributed by atoms with van der Waals surface area (Å²) in [4.78, 5) is 17.7. The van der Waals surface area contributed by atoms with Gasteiger partial charge in [-0.25, -0.2) is 9.37 Å². The van der Waals surface area contributed by atoms with Crippen LogP contribution in [0.25, 0.3) is 10.6 Å². The van der Waals surface area contributed by atoms with Crippen LogP contribution in [-0.2, 0) is 4.79 Å². The molecular formula is C20H19BrFN3OS. The molecule has 2 saturated carbocycles. The molecule has 2 fully saturated rings. The molecule has 0 aliphatic heterocycles. The fraction of sp³-hybridized carbons (Fsp3) is 0.450. The van der Waals surface area contributed by atoms with E-state index in [9.17, 15) is 14.4 Å². The summed E-state index contributed by atoms with van der Waals surface area (Å²) in [5.41, 5.74) is 1.13. The van der Waals surface area contributed by atoms with Gasteiger partial charge in [-0.2, -0.15) is 5.26 Å². The van der Waals surface area contributed by atoms with Gasteiger partial charge >= 0.3 is 0 Å². The van der Waals surface area contributed by atoms with Crippen molar-refractivity contribution < 1.29 is 9.18 Å². The molecule has 4 nitrogen and oxygen atoms in total. The molecule has 2 aliphatic rings. The quantitative estimate of drug-likeness (QED) is 0.703. The van der Waals surface area contributed by atoms with Gasteiger partial charge in [0.05, 0.1) is 15.5 Å². The third-order valence-corrected chi connectivity index (χ3v) is 7.28. The van der Waals surface area contributed by atoms with Gasteiger partial charge in [-0.3, -0.25) is 4.79 Å². The fourth-order valence-corrected chi connectivity index (χ4v) is 5.46. The Balaban J connectivity index is 1.59. The Bertz CT molecular complexity index is 901. The summed E-state index contributed by atoms with van der Waals surface area (Å²) in [5, 5.41) is 13.1. The van der Waals surface area contributed by atoms with Gasteiger partial charge in [0.15, 0.2) is 0 Å². The average Bonchev–Trinajstić information content (AvgIpc) is 3.35. The Morgan fingerprint density at radius 2 is 2.00 bits per heavy atom. The van der Waals surface area contributed by atoms with Crippen LogP contribution >= 0.6 is 27.3 Å². The molecule has 1 N–H and O–H groups in total. The number of thiazole rings is 1. The number of aromatic nitrogens is 1. The van der Waals surface area contributed by atoms with Gasteiger partial charge in [0.1, 0.15) is 16.4 Å². The second kappa shape index (κ2) is 7.33. The molecule has 0 radical (unpaired) electrons. The highest BCUT2D eigenvalue weighted by molar-refractivity contribution is 9.11. The minimum absolute atomic E-state index is 0.0259. The van der Waals surface area contributed by atoms with Gasteiger partial charge in [-0.15, -0.1) is 11.3 Å². The van der Waals surface area contributed by atoms with E-state index in [0.717, 1.165) is 58.6 Å². The van der Waals surface area contributed by atoms with Gasteiger partial charge in [0, 0.05) is 17.4 Å². The number of hydrogen-bond donors (Lipinski definition) is 1. The molecule has 7 heteroatoms. The minimum Gasteiger partial charge on any atom is -0.338 e. The Kier molecular flexibility index (Phi) is 5.04. The molecule has 1 amide bonds. The van der Waals surface area contributed by atoms with Crippen LogP contribution in [-0.4, -0.2) is 16.4 Å². The molecule has 1 aromatic heterocycles. The van der Waals surface area contributed by atoms with Gasteiger partial charge in [0.2, 0.25) is 5.91 Å². The Labute approximate surface area is 169 Å². The molecule has 4 rings (SSSR count). The highest BCUT2D eigenvalue weighted by atomic mass is 79.9. The lowest BCUT2D eigenvalue weighted by atomic mass is 9.77. The smallest absolute Gasteiger partial charge is 0.225 e. The molecule has 2 aromatic rings. The maximum absolute atomic E-state index is 13.2. The molecule has 0 bridgehead atoms. The van der Waals surface area contributed by atoms with E-state index in [1.807, 2.05) is 0 Å². The van der Waals surface area contributed by atoms with Gasteiger partial charge in [0.25, 0.3) is 0 Å². The van der Waals surface area contributed by atoms with E-state index in [2.05, 4.69) is 27.3 Å². The zero-order valence-corrected chi connectivity index (χ0v) is 17.1. The molecule has 0 unspecified atom stereocenters. The van der Waals surface area contributed by atoms with E-state index >= 15 is 0 Å². The van der Waals surface area contributed by atoms with Crippen molar-refractivity contribution in [3.63, 3.8) is 0 Å². The highest BCUT2D eigenvalue weighted by Gasteiger charge is 2.47. The zero-order valence-electron chi connectivity index (χ0n) is 14.7. The molecule has 0 saturated heterocycles. The number of amides is 1. The van der Waals surface area contributed by atoms with Crippen molar-refractivity contribution in [2.45, 2.75) is 50.0 Å². The maximum atomic E-state index is 13.2. The van der Waals surface area contributed by atoms with Crippen LogP contribution in [0.5, 0.6) is 0 Å². The molecule has 27 heavy (non-hydrogen) atoms. The largest absolute Gasteiger partial charge is 0.338 e. The SMILES string of the molecule is N#CC1(NC(=O)[C@@H]2CCCC[C@H]2c2nc(-c3ccc(F)cc3)sc2Br)CC1. The third-order valence-electron chi connectivity index (χ3n) is 5.48. The Morgan fingerprint density at radius 1 is 1.30 bits per heavy atom. The number of hydrogen-bond acceptors (Lipinski definition) is 4. The number of rotatable bonds is 4. The predicted octanol–water partition coefficient (Wildman–Crippen LogP) is 5.16. The highest BCUT2D eigenvalue weighted by Crippen LogP contribution is 2.45. The van der Waals surface area contributed by atoms with Gasteiger partial charge in [-0.1, -0.05) is 12.8 Å². The summed E-state index contributed by atoms with van der Waals surface area (Å²) < 4.78 is 14.1. The summed E-state index contributed by atoms with van der Waals surface area (Å²) in [6.07, 6.45) is 5.27. The van der Waals surface area contributed by atoms with Crippen molar-refractivity contribution in [2.24, 2.45) is 5.92 Å². The number of nitriles is 1. The Hall–Kier alpha value is -1.78.